The highest BCUT2D eigenvalue weighted by molar-refractivity contribution is 7.89. The maximum Gasteiger partial charge on any atom is 0.243 e. The molecule has 170 valence electrons. The number of hydrogen-bond acceptors (Lipinski definition) is 7. The van der Waals surface area contributed by atoms with Gasteiger partial charge in [-0.1, -0.05) is 0 Å². The third kappa shape index (κ3) is 4.00. The minimum Gasteiger partial charge on any atom is -0.354 e. The molecular weight excluding hydrogens is 444 g/mol. The lowest BCUT2D eigenvalue weighted by atomic mass is 10.3. The SMILES string of the molecule is O=C1CCC(=O)N1c1ccc(S(=O)(=O)N2CCN(c3cc(-n4cccc4)ncn3)CC2)cc1. The first-order valence-corrected chi connectivity index (χ1v) is 12.0. The number of rotatable bonds is 5. The van der Waals surface area contributed by atoms with E-state index in [0.29, 0.717) is 31.9 Å². The van der Waals surface area contributed by atoms with Gasteiger partial charge in [-0.15, -0.1) is 0 Å². The summed E-state index contributed by atoms with van der Waals surface area (Å²) in [5.41, 5.74) is 0.397. The first-order chi connectivity index (χ1) is 15.9. The molecule has 1 aromatic carbocycles. The fourth-order valence-electron chi connectivity index (χ4n) is 4.08. The van der Waals surface area contributed by atoms with Crippen LogP contribution in [0.5, 0.6) is 0 Å². The number of piperazine rings is 1. The maximum absolute atomic E-state index is 13.1. The van der Waals surface area contributed by atoms with Crippen molar-refractivity contribution in [3.05, 3.63) is 61.2 Å². The monoisotopic (exact) mass is 466 g/mol. The molecule has 2 aliphatic heterocycles. The van der Waals surface area contributed by atoms with Gasteiger partial charge in [0.15, 0.2) is 0 Å². The quantitative estimate of drug-likeness (QED) is 0.524. The Bertz CT molecular complexity index is 1270. The highest BCUT2D eigenvalue weighted by Crippen LogP contribution is 2.26. The third-order valence-electron chi connectivity index (χ3n) is 5.85. The average molecular weight is 467 g/mol. The average Bonchev–Trinajstić information content (AvgIpc) is 3.49. The van der Waals surface area contributed by atoms with Gasteiger partial charge in [0, 0.05) is 57.5 Å². The normalized spacial score (nSPS) is 17.7. The summed E-state index contributed by atoms with van der Waals surface area (Å²) in [6.07, 6.45) is 5.67. The molecule has 0 unspecified atom stereocenters. The highest BCUT2D eigenvalue weighted by atomic mass is 32.2. The van der Waals surface area contributed by atoms with Gasteiger partial charge >= 0.3 is 0 Å². The zero-order valence-corrected chi connectivity index (χ0v) is 18.6. The standard InChI is InChI=1S/C22H22N6O4S/c29-21-7-8-22(30)28(21)17-3-5-18(6-4-17)33(31,32)27-13-11-26(12-14-27)20-15-19(23-16-24-20)25-9-1-2-10-25/h1-6,9-10,15-16H,7-8,11-14H2. The molecule has 2 fully saturated rings. The number of amides is 2. The largest absolute Gasteiger partial charge is 0.354 e. The molecule has 0 spiro atoms. The van der Waals surface area contributed by atoms with Gasteiger partial charge in [-0.05, 0) is 36.4 Å². The molecule has 0 aliphatic carbocycles. The number of aromatic nitrogens is 3. The molecule has 4 heterocycles. The van der Waals surface area contributed by atoms with Crippen LogP contribution in [-0.4, -0.2) is 65.3 Å². The lowest BCUT2D eigenvalue weighted by molar-refractivity contribution is -0.121. The van der Waals surface area contributed by atoms with Crippen molar-refractivity contribution in [3.63, 3.8) is 0 Å². The number of benzene rings is 1. The Balaban J connectivity index is 1.27. The van der Waals surface area contributed by atoms with Gasteiger partial charge < -0.3 is 9.47 Å². The number of anilines is 2. The number of carbonyl (C=O) groups is 2. The summed E-state index contributed by atoms with van der Waals surface area (Å²) in [6, 6.07) is 11.6. The second-order valence-corrected chi connectivity index (χ2v) is 9.77. The first kappa shape index (κ1) is 21.3. The zero-order valence-electron chi connectivity index (χ0n) is 17.7. The van der Waals surface area contributed by atoms with Gasteiger partial charge in [0.2, 0.25) is 21.8 Å². The van der Waals surface area contributed by atoms with Gasteiger partial charge in [0.25, 0.3) is 0 Å². The number of nitrogens with zero attached hydrogens (tertiary/aromatic N) is 6. The lowest BCUT2D eigenvalue weighted by Crippen LogP contribution is -2.49. The predicted octanol–water partition coefficient (Wildman–Crippen LogP) is 1.43. The van der Waals surface area contributed by atoms with E-state index in [4.69, 9.17) is 0 Å². The molecule has 10 nitrogen and oxygen atoms in total. The van der Waals surface area contributed by atoms with Gasteiger partial charge in [-0.2, -0.15) is 4.31 Å². The van der Waals surface area contributed by atoms with Gasteiger partial charge in [0.05, 0.1) is 10.6 Å². The minimum absolute atomic E-state index is 0.135. The van der Waals surface area contributed by atoms with Crippen LogP contribution in [0.15, 0.2) is 66.1 Å². The topological polar surface area (TPSA) is 109 Å². The van der Waals surface area contributed by atoms with Crippen LogP contribution in [0.3, 0.4) is 0 Å². The molecule has 0 bridgehead atoms. The van der Waals surface area contributed by atoms with Crippen LogP contribution < -0.4 is 9.80 Å². The first-order valence-electron chi connectivity index (χ1n) is 10.6. The number of carbonyl (C=O) groups excluding carboxylic acids is 2. The number of hydrogen-bond donors (Lipinski definition) is 0. The Kier molecular flexibility index (Phi) is 5.43. The Morgan fingerprint density at radius 1 is 0.788 bits per heavy atom. The van der Waals surface area contributed by atoms with Crippen LogP contribution >= 0.6 is 0 Å². The van der Waals surface area contributed by atoms with Crippen molar-refractivity contribution in [2.24, 2.45) is 0 Å². The van der Waals surface area contributed by atoms with E-state index in [1.165, 1.54) is 34.9 Å². The summed E-state index contributed by atoms with van der Waals surface area (Å²) in [5, 5.41) is 0. The molecule has 5 rings (SSSR count). The molecule has 0 radical (unpaired) electrons. The second-order valence-electron chi connectivity index (χ2n) is 7.83. The van der Waals surface area contributed by atoms with Crippen LogP contribution in [0.25, 0.3) is 5.82 Å². The van der Waals surface area contributed by atoms with Gasteiger partial charge in [0.1, 0.15) is 18.0 Å². The fraction of sp³-hybridized carbons (Fsp3) is 0.273. The van der Waals surface area contributed by atoms with Gasteiger partial charge in [-0.25, -0.2) is 18.4 Å². The van der Waals surface area contributed by atoms with E-state index < -0.39 is 10.0 Å². The summed E-state index contributed by atoms with van der Waals surface area (Å²) in [7, 11) is -3.70. The van der Waals surface area contributed by atoms with E-state index in [1.54, 1.807) is 0 Å². The molecular formula is C22H22N6O4S. The Morgan fingerprint density at radius 3 is 2.03 bits per heavy atom. The molecule has 0 atom stereocenters. The van der Waals surface area contributed by atoms with Crippen molar-refractivity contribution < 1.29 is 18.0 Å². The van der Waals surface area contributed by atoms with E-state index in [-0.39, 0.29) is 29.6 Å². The Labute approximate surface area is 191 Å². The van der Waals surface area contributed by atoms with Crippen molar-refractivity contribution >= 4 is 33.3 Å². The summed E-state index contributed by atoms with van der Waals surface area (Å²) in [6.45, 7) is 1.62. The van der Waals surface area contributed by atoms with Crippen molar-refractivity contribution in [1.82, 2.24) is 18.8 Å². The van der Waals surface area contributed by atoms with Crippen LogP contribution in [0.4, 0.5) is 11.5 Å². The van der Waals surface area contributed by atoms with Crippen molar-refractivity contribution in [1.29, 1.82) is 0 Å². The van der Waals surface area contributed by atoms with Crippen LogP contribution in [0, 0.1) is 0 Å². The third-order valence-corrected chi connectivity index (χ3v) is 7.77. The molecule has 0 saturated carbocycles. The number of imide groups is 1. The van der Waals surface area contributed by atoms with Crippen LogP contribution in [0.2, 0.25) is 0 Å². The molecule has 2 aromatic heterocycles. The summed E-state index contributed by atoms with van der Waals surface area (Å²) < 4.78 is 29.6. The Hall–Kier alpha value is -3.57. The van der Waals surface area contributed by atoms with Crippen molar-refractivity contribution in [2.45, 2.75) is 17.7 Å². The molecule has 0 N–H and O–H groups in total. The maximum atomic E-state index is 13.1. The van der Waals surface area contributed by atoms with E-state index in [1.807, 2.05) is 40.1 Å². The van der Waals surface area contributed by atoms with Gasteiger partial charge in [-0.3, -0.25) is 14.5 Å². The molecule has 2 aliphatic rings. The molecule has 2 amide bonds. The zero-order chi connectivity index (χ0) is 23.0. The smallest absolute Gasteiger partial charge is 0.243 e. The minimum atomic E-state index is -3.70. The van der Waals surface area contributed by atoms with E-state index in [9.17, 15) is 18.0 Å². The van der Waals surface area contributed by atoms with Crippen LogP contribution in [-0.2, 0) is 19.6 Å². The number of sulfonamides is 1. The van der Waals surface area contributed by atoms with Crippen molar-refractivity contribution in [2.75, 3.05) is 36.0 Å². The highest BCUT2D eigenvalue weighted by Gasteiger charge is 2.32. The molecule has 33 heavy (non-hydrogen) atoms. The summed E-state index contributed by atoms with van der Waals surface area (Å²) >= 11 is 0. The van der Waals surface area contributed by atoms with E-state index >= 15 is 0 Å². The van der Waals surface area contributed by atoms with E-state index in [2.05, 4.69) is 9.97 Å². The summed E-state index contributed by atoms with van der Waals surface area (Å²) in [4.78, 5) is 35.7. The lowest BCUT2D eigenvalue weighted by Gasteiger charge is -2.34. The molecule has 3 aromatic rings. The second kappa shape index (κ2) is 8.41. The van der Waals surface area contributed by atoms with Crippen molar-refractivity contribution in [3.8, 4) is 5.82 Å². The fourth-order valence-corrected chi connectivity index (χ4v) is 5.50. The Morgan fingerprint density at radius 2 is 1.39 bits per heavy atom. The summed E-state index contributed by atoms with van der Waals surface area (Å²) in [5.74, 6) is 0.956. The van der Waals surface area contributed by atoms with E-state index in [0.717, 1.165) is 16.5 Å². The predicted molar refractivity (Wildman–Crippen MR) is 120 cm³/mol. The molecule has 2 saturated heterocycles. The van der Waals surface area contributed by atoms with Crippen LogP contribution in [0.1, 0.15) is 12.8 Å². The molecule has 11 heteroatoms.